The van der Waals surface area contributed by atoms with E-state index in [2.05, 4.69) is 38.2 Å². The fourth-order valence-corrected chi connectivity index (χ4v) is 2.11. The van der Waals surface area contributed by atoms with Crippen molar-refractivity contribution >= 4 is 5.78 Å². The minimum atomic E-state index is -0.160. The molecule has 1 atom stereocenters. The fraction of sp³-hybridized carbons (Fsp3) is 0.611. The Morgan fingerprint density at radius 3 is 2.38 bits per heavy atom. The van der Waals surface area contributed by atoms with Crippen LogP contribution in [-0.2, 0) is 10.2 Å². The van der Waals surface area contributed by atoms with Crippen LogP contribution in [0, 0.1) is 0 Å². The van der Waals surface area contributed by atoms with Gasteiger partial charge in [-0.15, -0.1) is 0 Å². The summed E-state index contributed by atoms with van der Waals surface area (Å²) in [6, 6.07) is 7.80. The highest BCUT2D eigenvalue weighted by Crippen LogP contribution is 2.22. The molecule has 0 fully saturated rings. The molecule has 0 saturated heterocycles. The number of ketones is 1. The third kappa shape index (κ3) is 5.98. The first-order chi connectivity index (χ1) is 9.86. The standard InChI is InChI=1S/C18H29NO2/c1-6-21-13-7-12-19-14(2)17(20)15-8-10-16(11-9-15)18(3,4)5/h8-11,14,19H,6-7,12-13H2,1-5H3. The lowest BCUT2D eigenvalue weighted by Gasteiger charge is -2.19. The summed E-state index contributed by atoms with van der Waals surface area (Å²) in [6.07, 6.45) is 0.925. The van der Waals surface area contributed by atoms with Crippen molar-refractivity contribution in [2.24, 2.45) is 0 Å². The second-order valence-electron chi connectivity index (χ2n) is 6.42. The van der Waals surface area contributed by atoms with Crippen LogP contribution < -0.4 is 5.32 Å². The average Bonchev–Trinajstić information content (AvgIpc) is 2.45. The molecule has 1 N–H and O–H groups in total. The quantitative estimate of drug-likeness (QED) is 0.588. The summed E-state index contributed by atoms with van der Waals surface area (Å²) in [7, 11) is 0. The molecule has 0 spiro atoms. The lowest BCUT2D eigenvalue weighted by molar-refractivity contribution is 0.0946. The zero-order valence-corrected chi connectivity index (χ0v) is 14.0. The smallest absolute Gasteiger partial charge is 0.179 e. The van der Waals surface area contributed by atoms with Gasteiger partial charge in [-0.25, -0.2) is 0 Å². The summed E-state index contributed by atoms with van der Waals surface area (Å²) in [4.78, 5) is 12.3. The van der Waals surface area contributed by atoms with Gasteiger partial charge in [0, 0.05) is 18.8 Å². The molecule has 21 heavy (non-hydrogen) atoms. The summed E-state index contributed by atoms with van der Waals surface area (Å²) in [5.41, 5.74) is 2.13. The molecule has 0 aromatic heterocycles. The molecule has 0 heterocycles. The Bertz CT molecular complexity index is 432. The topological polar surface area (TPSA) is 38.3 Å². The second-order valence-corrected chi connectivity index (χ2v) is 6.42. The molecule has 3 heteroatoms. The average molecular weight is 291 g/mol. The minimum Gasteiger partial charge on any atom is -0.382 e. The molecule has 0 aliphatic carbocycles. The van der Waals surface area contributed by atoms with Gasteiger partial charge in [0.1, 0.15) is 0 Å². The van der Waals surface area contributed by atoms with Crippen molar-refractivity contribution in [2.75, 3.05) is 19.8 Å². The van der Waals surface area contributed by atoms with Crippen molar-refractivity contribution in [2.45, 2.75) is 52.5 Å². The van der Waals surface area contributed by atoms with E-state index in [0.29, 0.717) is 0 Å². The van der Waals surface area contributed by atoms with Crippen LogP contribution in [0.1, 0.15) is 57.0 Å². The summed E-state index contributed by atoms with van der Waals surface area (Å²) < 4.78 is 5.28. The normalized spacial score (nSPS) is 13.2. The van der Waals surface area contributed by atoms with Gasteiger partial charge in [-0.1, -0.05) is 45.0 Å². The van der Waals surface area contributed by atoms with Gasteiger partial charge < -0.3 is 10.1 Å². The molecule has 118 valence electrons. The molecular formula is C18H29NO2. The van der Waals surface area contributed by atoms with Crippen molar-refractivity contribution in [1.82, 2.24) is 5.32 Å². The predicted octanol–water partition coefficient (Wildman–Crippen LogP) is 3.57. The summed E-state index contributed by atoms with van der Waals surface area (Å²) in [6.45, 7) is 12.7. The van der Waals surface area contributed by atoms with E-state index in [1.54, 1.807) is 0 Å². The van der Waals surface area contributed by atoms with Gasteiger partial charge in [0.25, 0.3) is 0 Å². The summed E-state index contributed by atoms with van der Waals surface area (Å²) in [5, 5.41) is 3.26. The Morgan fingerprint density at radius 2 is 1.86 bits per heavy atom. The highest BCUT2D eigenvalue weighted by atomic mass is 16.5. The van der Waals surface area contributed by atoms with Crippen LogP contribution in [0.4, 0.5) is 0 Å². The molecule has 1 unspecified atom stereocenters. The monoisotopic (exact) mass is 291 g/mol. The largest absolute Gasteiger partial charge is 0.382 e. The molecule has 0 radical (unpaired) electrons. The van der Waals surface area contributed by atoms with Gasteiger partial charge in [-0.3, -0.25) is 4.79 Å². The highest BCUT2D eigenvalue weighted by molar-refractivity contribution is 5.99. The number of nitrogens with one attached hydrogen (secondary N) is 1. The van der Waals surface area contributed by atoms with Crippen LogP contribution in [0.2, 0.25) is 0 Å². The minimum absolute atomic E-state index is 0.116. The fourth-order valence-electron chi connectivity index (χ4n) is 2.11. The number of ether oxygens (including phenoxy) is 1. The molecule has 0 bridgehead atoms. The van der Waals surface area contributed by atoms with Gasteiger partial charge in [-0.05, 0) is 37.8 Å². The van der Waals surface area contributed by atoms with Gasteiger partial charge in [-0.2, -0.15) is 0 Å². The third-order valence-electron chi connectivity index (χ3n) is 3.55. The first-order valence-electron chi connectivity index (χ1n) is 7.82. The SMILES string of the molecule is CCOCCCNC(C)C(=O)c1ccc(C(C)(C)C)cc1. The van der Waals surface area contributed by atoms with Gasteiger partial charge in [0.05, 0.1) is 6.04 Å². The van der Waals surface area contributed by atoms with E-state index in [9.17, 15) is 4.79 Å². The maximum atomic E-state index is 12.3. The van der Waals surface area contributed by atoms with E-state index < -0.39 is 0 Å². The van der Waals surface area contributed by atoms with Gasteiger partial charge in [0.2, 0.25) is 0 Å². The number of benzene rings is 1. The molecule has 0 amide bonds. The molecular weight excluding hydrogens is 262 g/mol. The maximum Gasteiger partial charge on any atom is 0.179 e. The van der Waals surface area contributed by atoms with Crippen LogP contribution in [-0.4, -0.2) is 31.6 Å². The lowest BCUT2D eigenvalue weighted by atomic mass is 9.86. The number of hydrogen-bond donors (Lipinski definition) is 1. The number of hydrogen-bond acceptors (Lipinski definition) is 3. The van der Waals surface area contributed by atoms with E-state index in [4.69, 9.17) is 4.74 Å². The van der Waals surface area contributed by atoms with Crippen LogP contribution >= 0.6 is 0 Å². The lowest BCUT2D eigenvalue weighted by Crippen LogP contribution is -2.35. The van der Waals surface area contributed by atoms with Crippen molar-refractivity contribution in [3.05, 3.63) is 35.4 Å². The molecule has 1 rings (SSSR count). The zero-order valence-electron chi connectivity index (χ0n) is 14.0. The van der Waals surface area contributed by atoms with E-state index in [0.717, 1.165) is 31.7 Å². The number of rotatable bonds is 8. The van der Waals surface area contributed by atoms with Crippen molar-refractivity contribution in [3.63, 3.8) is 0 Å². The summed E-state index contributed by atoms with van der Waals surface area (Å²) in [5.74, 6) is 0.145. The Morgan fingerprint density at radius 1 is 1.24 bits per heavy atom. The second kappa shape index (κ2) is 8.30. The third-order valence-corrected chi connectivity index (χ3v) is 3.55. The Hall–Kier alpha value is -1.19. The summed E-state index contributed by atoms with van der Waals surface area (Å²) >= 11 is 0. The molecule has 3 nitrogen and oxygen atoms in total. The first-order valence-corrected chi connectivity index (χ1v) is 7.82. The molecule has 0 aliphatic heterocycles. The Kier molecular flexibility index (Phi) is 7.06. The molecule has 0 aliphatic rings. The number of carbonyl (C=O) groups is 1. The van der Waals surface area contributed by atoms with Crippen LogP contribution in [0.5, 0.6) is 0 Å². The molecule has 1 aromatic carbocycles. The Balaban J connectivity index is 2.50. The van der Waals surface area contributed by atoms with E-state index in [1.807, 2.05) is 26.0 Å². The maximum absolute atomic E-state index is 12.3. The van der Waals surface area contributed by atoms with Crippen LogP contribution in [0.3, 0.4) is 0 Å². The molecule has 0 saturated carbocycles. The number of Topliss-reactive ketones (excluding diaryl/α,β-unsaturated/α-hetero) is 1. The van der Waals surface area contributed by atoms with Gasteiger partial charge >= 0.3 is 0 Å². The van der Waals surface area contributed by atoms with Gasteiger partial charge in [0.15, 0.2) is 5.78 Å². The predicted molar refractivity (Wildman–Crippen MR) is 88.0 cm³/mol. The molecule has 1 aromatic rings. The van der Waals surface area contributed by atoms with E-state index >= 15 is 0 Å². The van der Waals surface area contributed by atoms with Crippen molar-refractivity contribution in [1.29, 1.82) is 0 Å². The van der Waals surface area contributed by atoms with E-state index in [-0.39, 0.29) is 17.2 Å². The van der Waals surface area contributed by atoms with Crippen molar-refractivity contribution in [3.8, 4) is 0 Å². The van der Waals surface area contributed by atoms with Crippen molar-refractivity contribution < 1.29 is 9.53 Å². The first kappa shape index (κ1) is 17.9. The highest BCUT2D eigenvalue weighted by Gasteiger charge is 2.17. The van der Waals surface area contributed by atoms with Crippen LogP contribution in [0.25, 0.3) is 0 Å². The van der Waals surface area contributed by atoms with Crippen LogP contribution in [0.15, 0.2) is 24.3 Å². The zero-order chi connectivity index (χ0) is 15.9. The van der Waals surface area contributed by atoms with E-state index in [1.165, 1.54) is 5.56 Å². The Labute approximate surface area is 129 Å². The number of carbonyl (C=O) groups excluding carboxylic acids is 1.